The highest BCUT2D eigenvalue weighted by Gasteiger charge is 2.37. The van der Waals surface area contributed by atoms with Crippen LogP contribution < -0.4 is 5.32 Å². The van der Waals surface area contributed by atoms with Crippen LogP contribution >= 0.6 is 0 Å². The fourth-order valence-electron chi connectivity index (χ4n) is 3.17. The quantitative estimate of drug-likeness (QED) is 0.859. The largest absolute Gasteiger partial charge is 0.374 e. The summed E-state index contributed by atoms with van der Waals surface area (Å²) in [6.07, 6.45) is 5.66. The zero-order valence-electron chi connectivity index (χ0n) is 13.5. The van der Waals surface area contributed by atoms with Gasteiger partial charge in [0.05, 0.1) is 18.8 Å². The van der Waals surface area contributed by atoms with Gasteiger partial charge in [-0.2, -0.15) is 0 Å². The maximum atomic E-state index is 12.6. The van der Waals surface area contributed by atoms with E-state index in [9.17, 15) is 9.59 Å². The molecule has 2 amide bonds. The zero-order valence-corrected chi connectivity index (χ0v) is 13.5. The average molecular weight is 296 g/mol. The van der Waals surface area contributed by atoms with Gasteiger partial charge >= 0.3 is 0 Å². The van der Waals surface area contributed by atoms with Gasteiger partial charge in [-0.3, -0.25) is 9.59 Å². The van der Waals surface area contributed by atoms with Gasteiger partial charge in [0.25, 0.3) is 0 Å². The summed E-state index contributed by atoms with van der Waals surface area (Å²) in [4.78, 5) is 26.1. The third kappa shape index (κ3) is 4.70. The van der Waals surface area contributed by atoms with Gasteiger partial charge in [0.15, 0.2) is 0 Å². The smallest absolute Gasteiger partial charge is 0.245 e. The Labute approximate surface area is 127 Å². The number of piperazine rings is 1. The fourth-order valence-corrected chi connectivity index (χ4v) is 3.17. The molecule has 0 bridgehead atoms. The molecule has 1 atom stereocenters. The van der Waals surface area contributed by atoms with E-state index in [1.165, 1.54) is 6.42 Å². The van der Waals surface area contributed by atoms with Crippen molar-refractivity contribution in [2.75, 3.05) is 19.7 Å². The summed E-state index contributed by atoms with van der Waals surface area (Å²) in [7, 11) is 0. The second-order valence-corrected chi connectivity index (χ2v) is 7.16. The van der Waals surface area contributed by atoms with Crippen LogP contribution in [0.25, 0.3) is 0 Å². The molecule has 2 fully saturated rings. The number of carbonyl (C=O) groups excluding carboxylic acids is 2. The Morgan fingerprint density at radius 1 is 1.19 bits per heavy atom. The molecule has 1 aliphatic heterocycles. The first-order valence-electron chi connectivity index (χ1n) is 8.09. The second kappa shape index (κ2) is 6.77. The Hall–Kier alpha value is -1.10. The van der Waals surface area contributed by atoms with E-state index in [2.05, 4.69) is 5.32 Å². The van der Waals surface area contributed by atoms with E-state index in [1.54, 1.807) is 4.90 Å². The van der Waals surface area contributed by atoms with Crippen LogP contribution in [0.3, 0.4) is 0 Å². The molecule has 0 radical (unpaired) electrons. The minimum atomic E-state index is -0.318. The molecule has 2 aliphatic rings. The molecular weight excluding hydrogens is 268 g/mol. The van der Waals surface area contributed by atoms with Crippen LogP contribution in [-0.4, -0.2) is 48.1 Å². The molecule has 5 nitrogen and oxygen atoms in total. The van der Waals surface area contributed by atoms with E-state index in [-0.39, 0.29) is 30.0 Å². The topological polar surface area (TPSA) is 58.6 Å². The molecule has 1 N–H and O–H groups in total. The summed E-state index contributed by atoms with van der Waals surface area (Å²) in [5, 5.41) is 2.90. The van der Waals surface area contributed by atoms with Crippen molar-refractivity contribution in [3.63, 3.8) is 0 Å². The van der Waals surface area contributed by atoms with Crippen molar-refractivity contribution < 1.29 is 14.3 Å². The number of carbonyl (C=O) groups is 2. The average Bonchev–Trinajstić information content (AvgIpc) is 2.42. The second-order valence-electron chi connectivity index (χ2n) is 7.16. The van der Waals surface area contributed by atoms with Crippen LogP contribution in [0.2, 0.25) is 0 Å². The van der Waals surface area contributed by atoms with Crippen LogP contribution in [0, 0.1) is 5.92 Å². The predicted molar refractivity (Wildman–Crippen MR) is 80.8 cm³/mol. The molecule has 2 rings (SSSR count). The van der Waals surface area contributed by atoms with E-state index in [0.717, 1.165) is 25.7 Å². The van der Waals surface area contributed by atoms with Crippen LogP contribution in [0.5, 0.6) is 0 Å². The fraction of sp³-hybridized carbons (Fsp3) is 0.875. The molecule has 5 heteroatoms. The van der Waals surface area contributed by atoms with Gasteiger partial charge in [-0.05, 0) is 39.5 Å². The first-order valence-corrected chi connectivity index (χ1v) is 8.09. The van der Waals surface area contributed by atoms with Crippen molar-refractivity contribution in [3.8, 4) is 0 Å². The molecule has 1 heterocycles. The number of amides is 2. The van der Waals surface area contributed by atoms with Gasteiger partial charge in [-0.15, -0.1) is 0 Å². The molecule has 0 spiro atoms. The summed E-state index contributed by atoms with van der Waals surface area (Å²) >= 11 is 0. The molecule has 21 heavy (non-hydrogen) atoms. The van der Waals surface area contributed by atoms with Gasteiger partial charge in [0.2, 0.25) is 11.8 Å². The standard InChI is InChI=1S/C16H28N2O3/c1-16(2,3)21-10-9-18-11-13(19)17-14(15(18)20)12-7-5-4-6-8-12/h12,14H,4-11H2,1-3H3,(H,17,19). The number of hydrogen-bond acceptors (Lipinski definition) is 3. The third-order valence-corrected chi connectivity index (χ3v) is 4.25. The highest BCUT2D eigenvalue weighted by molar-refractivity contribution is 5.95. The van der Waals surface area contributed by atoms with E-state index < -0.39 is 0 Å². The molecule has 120 valence electrons. The van der Waals surface area contributed by atoms with Crippen LogP contribution in [0.1, 0.15) is 52.9 Å². The Kier molecular flexibility index (Phi) is 5.25. The Morgan fingerprint density at radius 3 is 2.48 bits per heavy atom. The molecule has 1 saturated heterocycles. The summed E-state index contributed by atoms with van der Waals surface area (Å²) in [6, 6.07) is -0.318. The monoisotopic (exact) mass is 296 g/mol. The molecule has 1 aliphatic carbocycles. The number of hydrogen-bond donors (Lipinski definition) is 1. The lowest BCUT2D eigenvalue weighted by molar-refractivity contribution is -0.147. The van der Waals surface area contributed by atoms with Crippen molar-refractivity contribution in [2.24, 2.45) is 5.92 Å². The van der Waals surface area contributed by atoms with Crippen LogP contribution in [-0.2, 0) is 14.3 Å². The third-order valence-electron chi connectivity index (χ3n) is 4.25. The minimum Gasteiger partial charge on any atom is -0.374 e. The van der Waals surface area contributed by atoms with Crippen molar-refractivity contribution in [1.82, 2.24) is 10.2 Å². The summed E-state index contributed by atoms with van der Waals surface area (Å²) < 4.78 is 5.67. The molecule has 0 aromatic carbocycles. The van der Waals surface area contributed by atoms with Crippen molar-refractivity contribution >= 4 is 11.8 Å². The van der Waals surface area contributed by atoms with Gasteiger partial charge in [0.1, 0.15) is 6.04 Å². The summed E-state index contributed by atoms with van der Waals surface area (Å²) in [5.74, 6) is 0.335. The number of ether oxygens (including phenoxy) is 1. The maximum absolute atomic E-state index is 12.6. The first kappa shape index (κ1) is 16.3. The SMILES string of the molecule is CC(C)(C)OCCN1CC(=O)NC(C2CCCCC2)C1=O. The van der Waals surface area contributed by atoms with Gasteiger partial charge in [-0.25, -0.2) is 0 Å². The summed E-state index contributed by atoms with van der Waals surface area (Å²) in [6.45, 7) is 7.09. The maximum Gasteiger partial charge on any atom is 0.245 e. The van der Waals surface area contributed by atoms with E-state index in [4.69, 9.17) is 4.74 Å². The van der Waals surface area contributed by atoms with E-state index in [1.807, 2.05) is 20.8 Å². The molecular formula is C16H28N2O3. The number of nitrogens with one attached hydrogen (secondary N) is 1. The highest BCUT2D eigenvalue weighted by atomic mass is 16.5. The van der Waals surface area contributed by atoms with Gasteiger partial charge in [0, 0.05) is 6.54 Å². The van der Waals surface area contributed by atoms with Crippen molar-refractivity contribution in [3.05, 3.63) is 0 Å². The number of rotatable bonds is 4. The van der Waals surface area contributed by atoms with E-state index in [0.29, 0.717) is 19.1 Å². The first-order chi connectivity index (χ1) is 9.87. The zero-order chi connectivity index (χ0) is 15.5. The van der Waals surface area contributed by atoms with Crippen molar-refractivity contribution in [1.29, 1.82) is 0 Å². The Bertz CT molecular complexity index is 383. The van der Waals surface area contributed by atoms with Gasteiger partial charge < -0.3 is 15.0 Å². The normalized spacial score (nSPS) is 25.1. The van der Waals surface area contributed by atoms with Crippen molar-refractivity contribution in [2.45, 2.75) is 64.5 Å². The lowest BCUT2D eigenvalue weighted by Crippen LogP contribution is -2.61. The Balaban J connectivity index is 1.92. The predicted octanol–water partition coefficient (Wildman–Crippen LogP) is 1.71. The molecule has 0 aromatic heterocycles. The Morgan fingerprint density at radius 2 is 1.86 bits per heavy atom. The summed E-state index contributed by atoms with van der Waals surface area (Å²) in [5.41, 5.74) is -0.218. The lowest BCUT2D eigenvalue weighted by Gasteiger charge is -2.38. The van der Waals surface area contributed by atoms with Gasteiger partial charge in [-0.1, -0.05) is 19.3 Å². The van der Waals surface area contributed by atoms with E-state index >= 15 is 0 Å². The molecule has 0 aromatic rings. The molecule has 1 unspecified atom stereocenters. The lowest BCUT2D eigenvalue weighted by atomic mass is 9.82. The highest BCUT2D eigenvalue weighted by Crippen LogP contribution is 2.28. The van der Waals surface area contributed by atoms with Crippen LogP contribution in [0.15, 0.2) is 0 Å². The number of nitrogens with zero attached hydrogens (tertiary/aromatic N) is 1. The van der Waals surface area contributed by atoms with Crippen LogP contribution in [0.4, 0.5) is 0 Å². The molecule has 1 saturated carbocycles. The minimum absolute atomic E-state index is 0.0408.